The quantitative estimate of drug-likeness (QED) is 0.399. The maximum absolute atomic E-state index is 4.63. The molecule has 1 aliphatic rings. The Balaban J connectivity index is 3.28. The standard InChI is InChI=1S/C23H25N/c1-6-12-21(5)24-23(18-16-19(3)7-2)22-14-11-9-8-10-13-20(4)15-17-22/h6-10,12-18H,2-5,11H2,1H3/b9-8-,12-6-,13-10-,17-15?,18-16-,22-14?,24-23?. The summed E-state index contributed by atoms with van der Waals surface area (Å²) < 4.78 is 0. The number of nitrogens with zero attached hydrogens (tertiary/aromatic N) is 1. The molecule has 0 atom stereocenters. The summed E-state index contributed by atoms with van der Waals surface area (Å²) in [5.41, 5.74) is 4.29. The van der Waals surface area contributed by atoms with Crippen molar-refractivity contribution in [1.29, 1.82) is 0 Å². The van der Waals surface area contributed by atoms with Crippen LogP contribution in [0.2, 0.25) is 0 Å². The predicted molar refractivity (Wildman–Crippen MR) is 109 cm³/mol. The van der Waals surface area contributed by atoms with Gasteiger partial charge in [-0.2, -0.15) is 0 Å². The van der Waals surface area contributed by atoms with Crippen molar-refractivity contribution in [2.24, 2.45) is 4.99 Å². The second-order valence-electron chi connectivity index (χ2n) is 5.19. The molecule has 0 N–H and O–H groups in total. The van der Waals surface area contributed by atoms with Crippen LogP contribution in [0.4, 0.5) is 0 Å². The third-order valence-electron chi connectivity index (χ3n) is 3.14. The molecule has 0 radical (unpaired) electrons. The van der Waals surface area contributed by atoms with E-state index in [0.29, 0.717) is 5.70 Å². The van der Waals surface area contributed by atoms with Crippen LogP contribution in [0.1, 0.15) is 13.3 Å². The number of aliphatic imine (C=N–C) groups is 1. The summed E-state index contributed by atoms with van der Waals surface area (Å²) in [5.74, 6) is 0. The fraction of sp³-hybridized carbons (Fsp3) is 0.0870. The van der Waals surface area contributed by atoms with E-state index in [1.54, 1.807) is 6.08 Å². The van der Waals surface area contributed by atoms with Gasteiger partial charge in [-0.25, -0.2) is 4.99 Å². The fourth-order valence-electron chi connectivity index (χ4n) is 1.88. The molecule has 1 aliphatic carbocycles. The third kappa shape index (κ3) is 7.37. The van der Waals surface area contributed by atoms with Crippen molar-refractivity contribution in [3.8, 4) is 0 Å². The Morgan fingerprint density at radius 2 is 1.88 bits per heavy atom. The van der Waals surface area contributed by atoms with Crippen LogP contribution in [-0.4, -0.2) is 5.71 Å². The molecule has 24 heavy (non-hydrogen) atoms. The average Bonchev–Trinajstić information content (AvgIpc) is 2.57. The van der Waals surface area contributed by atoms with Crippen LogP contribution in [0.25, 0.3) is 0 Å². The topological polar surface area (TPSA) is 12.4 Å². The number of allylic oxidation sites excluding steroid dienone is 15. The van der Waals surface area contributed by atoms with Gasteiger partial charge < -0.3 is 0 Å². The highest BCUT2D eigenvalue weighted by Crippen LogP contribution is 2.12. The van der Waals surface area contributed by atoms with E-state index in [4.69, 9.17) is 0 Å². The molecule has 0 spiro atoms. The fourth-order valence-corrected chi connectivity index (χ4v) is 1.88. The third-order valence-corrected chi connectivity index (χ3v) is 3.14. The lowest BCUT2D eigenvalue weighted by molar-refractivity contribution is 1.35. The van der Waals surface area contributed by atoms with Crippen molar-refractivity contribution in [2.75, 3.05) is 0 Å². The van der Waals surface area contributed by atoms with Crippen molar-refractivity contribution in [2.45, 2.75) is 13.3 Å². The molecule has 0 unspecified atom stereocenters. The molecule has 0 aromatic rings. The van der Waals surface area contributed by atoms with Gasteiger partial charge in [-0.1, -0.05) is 87.1 Å². The Labute approximate surface area is 146 Å². The summed E-state index contributed by atoms with van der Waals surface area (Å²) in [6.45, 7) is 17.6. The van der Waals surface area contributed by atoms with Crippen LogP contribution >= 0.6 is 0 Å². The summed E-state index contributed by atoms with van der Waals surface area (Å²) in [6.07, 6.45) is 24.4. The molecular formula is C23H25N. The molecule has 1 nitrogen and oxygen atoms in total. The van der Waals surface area contributed by atoms with Gasteiger partial charge in [0.1, 0.15) is 0 Å². The van der Waals surface area contributed by atoms with Crippen molar-refractivity contribution < 1.29 is 0 Å². The normalized spacial score (nSPS) is 18.5. The summed E-state index contributed by atoms with van der Waals surface area (Å²) in [5, 5.41) is 0. The van der Waals surface area contributed by atoms with Gasteiger partial charge in [0.05, 0.1) is 11.4 Å². The smallest absolute Gasteiger partial charge is 0.0706 e. The Hall–Kier alpha value is -2.93. The van der Waals surface area contributed by atoms with E-state index in [2.05, 4.69) is 43.5 Å². The number of rotatable bonds is 6. The highest BCUT2D eigenvalue weighted by atomic mass is 14.7. The van der Waals surface area contributed by atoms with Crippen LogP contribution < -0.4 is 0 Å². The molecule has 1 rings (SSSR count). The minimum Gasteiger partial charge on any atom is -0.249 e. The molecule has 1 heteroatoms. The zero-order valence-electron chi connectivity index (χ0n) is 14.4. The van der Waals surface area contributed by atoms with Gasteiger partial charge in [0.2, 0.25) is 0 Å². The summed E-state index contributed by atoms with van der Waals surface area (Å²) in [6, 6.07) is 0. The minimum absolute atomic E-state index is 0.696. The Morgan fingerprint density at radius 3 is 2.58 bits per heavy atom. The predicted octanol–water partition coefficient (Wildman–Crippen LogP) is 6.37. The van der Waals surface area contributed by atoms with Crippen LogP contribution in [0, 0.1) is 0 Å². The molecule has 0 amide bonds. The first kappa shape index (κ1) is 19.1. The lowest BCUT2D eigenvalue weighted by Crippen LogP contribution is -1.99. The van der Waals surface area contributed by atoms with Crippen LogP contribution in [-0.2, 0) is 0 Å². The second kappa shape index (κ2) is 10.7. The molecule has 0 aliphatic heterocycles. The van der Waals surface area contributed by atoms with Crippen LogP contribution in [0.5, 0.6) is 0 Å². The lowest BCUT2D eigenvalue weighted by atomic mass is 10.0. The SMILES string of the molecule is C=CC(=C)/C=C\C(=NC(=C)/C=C\C)C1=CC/C=C\C=C/C(=C)C=C1. The van der Waals surface area contributed by atoms with E-state index in [9.17, 15) is 0 Å². The lowest BCUT2D eigenvalue weighted by Gasteiger charge is -2.05. The molecule has 0 saturated carbocycles. The molecule has 0 bridgehead atoms. The van der Waals surface area contributed by atoms with Gasteiger partial charge in [-0.3, -0.25) is 0 Å². The molecule has 0 heterocycles. The first-order valence-electron chi connectivity index (χ1n) is 7.87. The van der Waals surface area contributed by atoms with Gasteiger partial charge >= 0.3 is 0 Å². The van der Waals surface area contributed by atoms with Crippen LogP contribution in [0.15, 0.2) is 127 Å². The van der Waals surface area contributed by atoms with E-state index >= 15 is 0 Å². The molecular weight excluding hydrogens is 290 g/mol. The van der Waals surface area contributed by atoms with Gasteiger partial charge in [0, 0.05) is 0 Å². The van der Waals surface area contributed by atoms with E-state index in [1.165, 1.54) is 0 Å². The largest absolute Gasteiger partial charge is 0.249 e. The van der Waals surface area contributed by atoms with E-state index < -0.39 is 0 Å². The maximum atomic E-state index is 4.63. The molecule has 0 aromatic heterocycles. The molecule has 0 fully saturated rings. The summed E-state index contributed by atoms with van der Waals surface area (Å²) in [7, 11) is 0. The van der Waals surface area contributed by atoms with Crippen molar-refractivity contribution in [3.63, 3.8) is 0 Å². The van der Waals surface area contributed by atoms with Gasteiger partial charge in [0.15, 0.2) is 0 Å². The second-order valence-corrected chi connectivity index (χ2v) is 5.19. The Kier molecular flexibility index (Phi) is 8.55. The number of hydrogen-bond donors (Lipinski definition) is 0. The Morgan fingerprint density at radius 1 is 1.08 bits per heavy atom. The minimum atomic E-state index is 0.696. The first-order chi connectivity index (χ1) is 11.6. The number of hydrogen-bond acceptors (Lipinski definition) is 1. The zero-order valence-corrected chi connectivity index (χ0v) is 14.4. The average molecular weight is 315 g/mol. The maximum Gasteiger partial charge on any atom is 0.0706 e. The molecule has 0 aromatic carbocycles. The van der Waals surface area contributed by atoms with E-state index in [-0.39, 0.29) is 0 Å². The van der Waals surface area contributed by atoms with Gasteiger partial charge in [-0.15, -0.1) is 0 Å². The molecule has 0 saturated heterocycles. The highest BCUT2D eigenvalue weighted by molar-refractivity contribution is 6.11. The van der Waals surface area contributed by atoms with Crippen molar-refractivity contribution in [3.05, 3.63) is 122 Å². The summed E-state index contributed by atoms with van der Waals surface area (Å²) in [4.78, 5) is 4.63. The monoisotopic (exact) mass is 315 g/mol. The highest BCUT2D eigenvalue weighted by Gasteiger charge is 2.02. The molecule has 122 valence electrons. The summed E-state index contributed by atoms with van der Waals surface area (Å²) >= 11 is 0. The van der Waals surface area contributed by atoms with Gasteiger partial charge in [-0.05, 0) is 42.2 Å². The van der Waals surface area contributed by atoms with E-state index in [0.717, 1.165) is 28.9 Å². The van der Waals surface area contributed by atoms with Crippen molar-refractivity contribution in [1.82, 2.24) is 0 Å². The van der Waals surface area contributed by atoms with Gasteiger partial charge in [0.25, 0.3) is 0 Å². The zero-order chi connectivity index (χ0) is 17.8. The van der Waals surface area contributed by atoms with E-state index in [1.807, 2.05) is 61.6 Å². The van der Waals surface area contributed by atoms with Crippen LogP contribution in [0.3, 0.4) is 0 Å². The first-order valence-corrected chi connectivity index (χ1v) is 7.87. The van der Waals surface area contributed by atoms with Crippen molar-refractivity contribution >= 4 is 5.71 Å². The Bertz CT molecular complexity index is 713.